The van der Waals surface area contributed by atoms with E-state index in [0.717, 1.165) is 18.3 Å². The summed E-state index contributed by atoms with van der Waals surface area (Å²) in [7, 11) is 0. The molecular weight excluding hydrogens is 148 g/mol. The molecule has 1 fully saturated rings. The third-order valence-electron chi connectivity index (χ3n) is 3.20. The normalized spacial score (nSPS) is 30.5. The van der Waals surface area contributed by atoms with Crippen molar-refractivity contribution in [2.75, 3.05) is 6.61 Å². The summed E-state index contributed by atoms with van der Waals surface area (Å²) < 4.78 is 0. The lowest BCUT2D eigenvalue weighted by Crippen LogP contribution is -2.15. The van der Waals surface area contributed by atoms with Crippen LogP contribution in [0.25, 0.3) is 0 Å². The van der Waals surface area contributed by atoms with Gasteiger partial charge >= 0.3 is 0 Å². The minimum atomic E-state index is 0.392. The summed E-state index contributed by atoms with van der Waals surface area (Å²) in [5, 5.41) is 8.79. The van der Waals surface area contributed by atoms with E-state index in [9.17, 15) is 0 Å². The topological polar surface area (TPSA) is 20.2 Å². The lowest BCUT2D eigenvalue weighted by Gasteiger charge is -2.27. The second-order valence-corrected chi connectivity index (χ2v) is 4.19. The van der Waals surface area contributed by atoms with Crippen LogP contribution in [0.4, 0.5) is 0 Å². The van der Waals surface area contributed by atoms with Crippen LogP contribution in [0, 0.1) is 11.8 Å². The summed E-state index contributed by atoms with van der Waals surface area (Å²) in [5.74, 6) is 1.84. The largest absolute Gasteiger partial charge is 0.396 e. The Bertz CT molecular complexity index is 89.6. The van der Waals surface area contributed by atoms with E-state index in [0.29, 0.717) is 6.61 Å². The lowest BCUT2D eigenvalue weighted by atomic mass is 9.79. The van der Waals surface area contributed by atoms with Crippen molar-refractivity contribution in [3.05, 3.63) is 0 Å². The summed E-state index contributed by atoms with van der Waals surface area (Å²) >= 11 is 0. The number of rotatable bonds is 4. The van der Waals surface area contributed by atoms with Crippen LogP contribution in [0.15, 0.2) is 0 Å². The Labute approximate surface area is 76.2 Å². The van der Waals surface area contributed by atoms with E-state index in [2.05, 4.69) is 6.92 Å². The fourth-order valence-electron chi connectivity index (χ4n) is 2.40. The Hall–Kier alpha value is -0.0400. The maximum Gasteiger partial charge on any atom is 0.0433 e. The predicted molar refractivity (Wildman–Crippen MR) is 52.1 cm³/mol. The van der Waals surface area contributed by atoms with Crippen LogP contribution in [-0.2, 0) is 0 Å². The number of aliphatic hydroxyl groups is 1. The second-order valence-electron chi connectivity index (χ2n) is 4.19. The molecule has 1 rings (SSSR count). The van der Waals surface area contributed by atoms with Crippen LogP contribution < -0.4 is 0 Å². The molecule has 0 aliphatic heterocycles. The summed E-state index contributed by atoms with van der Waals surface area (Å²) in [6.07, 6.45) is 9.37. The van der Waals surface area contributed by atoms with Crippen LogP contribution in [0.5, 0.6) is 0 Å². The molecule has 72 valence electrons. The zero-order valence-electron chi connectivity index (χ0n) is 8.26. The van der Waals surface area contributed by atoms with Gasteiger partial charge < -0.3 is 5.11 Å². The first-order valence-electron chi connectivity index (χ1n) is 5.47. The Morgan fingerprint density at radius 2 is 1.50 bits per heavy atom. The molecule has 0 amide bonds. The maximum atomic E-state index is 8.79. The first-order valence-corrected chi connectivity index (χ1v) is 5.47. The summed E-state index contributed by atoms with van der Waals surface area (Å²) in [4.78, 5) is 0. The molecule has 1 nitrogen and oxygen atoms in total. The van der Waals surface area contributed by atoms with Crippen LogP contribution >= 0.6 is 0 Å². The molecule has 0 aromatic rings. The fraction of sp³-hybridized carbons (Fsp3) is 1.00. The monoisotopic (exact) mass is 170 g/mol. The molecule has 1 aliphatic rings. The summed E-state index contributed by atoms with van der Waals surface area (Å²) in [6, 6.07) is 0. The molecule has 0 aromatic heterocycles. The third kappa shape index (κ3) is 3.14. The van der Waals surface area contributed by atoms with Crippen molar-refractivity contribution in [1.29, 1.82) is 0 Å². The Balaban J connectivity index is 2.11. The lowest BCUT2D eigenvalue weighted by molar-refractivity contribution is 0.201. The van der Waals surface area contributed by atoms with Crippen LogP contribution in [0.3, 0.4) is 0 Å². The molecule has 1 heteroatoms. The zero-order valence-corrected chi connectivity index (χ0v) is 8.26. The predicted octanol–water partition coefficient (Wildman–Crippen LogP) is 2.98. The molecule has 12 heavy (non-hydrogen) atoms. The molecule has 0 unspecified atom stereocenters. The highest BCUT2D eigenvalue weighted by Crippen LogP contribution is 2.32. The highest BCUT2D eigenvalue weighted by molar-refractivity contribution is 4.71. The quantitative estimate of drug-likeness (QED) is 0.687. The van der Waals surface area contributed by atoms with E-state index in [-0.39, 0.29) is 0 Å². The third-order valence-corrected chi connectivity index (χ3v) is 3.20. The van der Waals surface area contributed by atoms with E-state index >= 15 is 0 Å². The van der Waals surface area contributed by atoms with Crippen molar-refractivity contribution in [1.82, 2.24) is 0 Å². The molecule has 0 heterocycles. The van der Waals surface area contributed by atoms with Crippen molar-refractivity contribution in [2.24, 2.45) is 11.8 Å². The van der Waals surface area contributed by atoms with Gasteiger partial charge in [0.2, 0.25) is 0 Å². The van der Waals surface area contributed by atoms with Gasteiger partial charge in [0.25, 0.3) is 0 Å². The molecule has 0 atom stereocenters. The van der Waals surface area contributed by atoms with E-state index < -0.39 is 0 Å². The molecular formula is C11H22O. The Kier molecular flexibility index (Phi) is 4.67. The molecule has 1 saturated carbocycles. The first-order chi connectivity index (χ1) is 5.86. The molecule has 1 N–H and O–H groups in total. The van der Waals surface area contributed by atoms with Crippen LogP contribution in [0.1, 0.15) is 51.9 Å². The smallest absolute Gasteiger partial charge is 0.0433 e. The molecule has 0 radical (unpaired) electrons. The SMILES string of the molecule is CCCC1CCC(CCO)CC1. The minimum Gasteiger partial charge on any atom is -0.396 e. The van der Waals surface area contributed by atoms with Crippen molar-refractivity contribution in [3.8, 4) is 0 Å². The number of aliphatic hydroxyl groups excluding tert-OH is 1. The van der Waals surface area contributed by atoms with Gasteiger partial charge in [0.15, 0.2) is 0 Å². The standard InChI is InChI=1S/C11H22O/c1-2-3-10-4-6-11(7-5-10)8-9-12/h10-12H,2-9H2,1H3. The zero-order chi connectivity index (χ0) is 8.81. The molecule has 1 aliphatic carbocycles. The van der Waals surface area contributed by atoms with Gasteiger partial charge in [0.05, 0.1) is 0 Å². The fourth-order valence-corrected chi connectivity index (χ4v) is 2.40. The van der Waals surface area contributed by atoms with Crippen molar-refractivity contribution in [3.63, 3.8) is 0 Å². The molecule has 0 aromatic carbocycles. The van der Waals surface area contributed by atoms with Gasteiger partial charge in [-0.25, -0.2) is 0 Å². The average Bonchev–Trinajstić information content (AvgIpc) is 2.09. The van der Waals surface area contributed by atoms with E-state index in [1.807, 2.05) is 0 Å². The second kappa shape index (κ2) is 5.58. The van der Waals surface area contributed by atoms with E-state index in [1.165, 1.54) is 38.5 Å². The van der Waals surface area contributed by atoms with Gasteiger partial charge in [0, 0.05) is 6.61 Å². The van der Waals surface area contributed by atoms with Crippen LogP contribution in [-0.4, -0.2) is 11.7 Å². The van der Waals surface area contributed by atoms with Gasteiger partial charge in [0.1, 0.15) is 0 Å². The average molecular weight is 170 g/mol. The van der Waals surface area contributed by atoms with Crippen molar-refractivity contribution in [2.45, 2.75) is 51.9 Å². The summed E-state index contributed by atoms with van der Waals surface area (Å²) in [6.45, 7) is 2.67. The van der Waals surface area contributed by atoms with E-state index in [1.54, 1.807) is 0 Å². The maximum absolute atomic E-state index is 8.79. The number of hydrogen-bond acceptors (Lipinski definition) is 1. The Morgan fingerprint density at radius 1 is 1.00 bits per heavy atom. The van der Waals surface area contributed by atoms with Gasteiger partial charge in [-0.05, 0) is 18.3 Å². The summed E-state index contributed by atoms with van der Waals surface area (Å²) in [5.41, 5.74) is 0. The highest BCUT2D eigenvalue weighted by Gasteiger charge is 2.19. The highest BCUT2D eigenvalue weighted by atomic mass is 16.3. The van der Waals surface area contributed by atoms with Crippen molar-refractivity contribution >= 4 is 0 Å². The van der Waals surface area contributed by atoms with Gasteiger partial charge in [-0.15, -0.1) is 0 Å². The Morgan fingerprint density at radius 3 is 1.92 bits per heavy atom. The first kappa shape index (κ1) is 10.0. The number of hydrogen-bond donors (Lipinski definition) is 1. The van der Waals surface area contributed by atoms with Crippen molar-refractivity contribution < 1.29 is 5.11 Å². The van der Waals surface area contributed by atoms with E-state index in [4.69, 9.17) is 5.11 Å². The van der Waals surface area contributed by atoms with Gasteiger partial charge in [-0.2, -0.15) is 0 Å². The van der Waals surface area contributed by atoms with Crippen LogP contribution in [0.2, 0.25) is 0 Å². The minimum absolute atomic E-state index is 0.392. The molecule has 0 bridgehead atoms. The molecule has 0 spiro atoms. The van der Waals surface area contributed by atoms with Gasteiger partial charge in [-0.1, -0.05) is 45.4 Å². The molecule has 0 saturated heterocycles. The van der Waals surface area contributed by atoms with Gasteiger partial charge in [-0.3, -0.25) is 0 Å².